The third-order valence-electron chi connectivity index (χ3n) is 5.58. The van der Waals surface area contributed by atoms with Crippen molar-refractivity contribution in [2.45, 2.75) is 18.6 Å². The quantitative estimate of drug-likeness (QED) is 0.560. The maximum atomic E-state index is 14.0. The van der Waals surface area contributed by atoms with Crippen molar-refractivity contribution in [3.63, 3.8) is 0 Å². The predicted octanol–water partition coefficient (Wildman–Crippen LogP) is 3.16. The van der Waals surface area contributed by atoms with Gasteiger partial charge in [-0.15, -0.1) is 0 Å². The van der Waals surface area contributed by atoms with Crippen molar-refractivity contribution < 1.29 is 27.9 Å². The molecule has 33 heavy (non-hydrogen) atoms. The number of halogens is 1. The fourth-order valence-electron chi connectivity index (χ4n) is 3.75. The molecule has 0 saturated carbocycles. The third-order valence-corrected chi connectivity index (χ3v) is 7.98. The highest BCUT2D eigenvalue weighted by Gasteiger charge is 2.29. The van der Waals surface area contributed by atoms with Crippen molar-refractivity contribution in [3.8, 4) is 11.5 Å². The minimum Gasteiger partial charge on any atom is -0.496 e. The maximum Gasteiger partial charge on any atom is 0.150 e. The fraction of sp³-hybridized carbons (Fsp3) is 0.364. The third kappa shape index (κ3) is 4.43. The fourth-order valence-corrected chi connectivity index (χ4v) is 5.20. The number of fused-ring (bicyclic) bond motifs is 1. The molecule has 0 unspecified atom stereocenters. The van der Waals surface area contributed by atoms with E-state index in [2.05, 4.69) is 19.6 Å². The Balaban J connectivity index is 1.53. The summed E-state index contributed by atoms with van der Waals surface area (Å²) in [6.07, 6.45) is 0.886. The van der Waals surface area contributed by atoms with Crippen LogP contribution in [0.25, 0.3) is 10.9 Å². The minimum atomic E-state index is -2.19. The topological polar surface area (TPSA) is 115 Å². The van der Waals surface area contributed by atoms with Crippen LogP contribution in [0.5, 0.6) is 11.5 Å². The van der Waals surface area contributed by atoms with Crippen molar-refractivity contribution in [3.05, 3.63) is 42.5 Å². The number of hydrogen-bond donors (Lipinski definition) is 2. The first kappa shape index (κ1) is 21.8. The predicted molar refractivity (Wildman–Crippen MR) is 122 cm³/mol. The zero-order chi connectivity index (χ0) is 23.0. The molecule has 2 atom stereocenters. The second-order valence-corrected chi connectivity index (χ2v) is 10.5. The molecule has 2 N–H and O–H groups in total. The van der Waals surface area contributed by atoms with E-state index in [1.165, 1.54) is 31.6 Å². The normalized spacial score (nSPS) is 21.4. The Morgan fingerprint density at radius 1 is 1.21 bits per heavy atom. The van der Waals surface area contributed by atoms with Crippen molar-refractivity contribution in [1.82, 2.24) is 9.97 Å². The molecule has 0 spiro atoms. The largest absolute Gasteiger partial charge is 0.496 e. The average molecular weight is 475 g/mol. The van der Waals surface area contributed by atoms with Gasteiger partial charge in [0.2, 0.25) is 0 Å². The number of hydrogen-bond acceptors (Lipinski definition) is 9. The number of rotatable bonds is 6. The van der Waals surface area contributed by atoms with Crippen LogP contribution in [0.2, 0.25) is 0 Å². The van der Waals surface area contributed by atoms with E-state index in [0.717, 1.165) is 6.42 Å². The second kappa shape index (κ2) is 8.73. The number of methoxy groups -OCH3 is 1. The van der Waals surface area contributed by atoms with Gasteiger partial charge in [0.05, 0.1) is 52.3 Å². The molecule has 3 aromatic rings. The van der Waals surface area contributed by atoms with Crippen LogP contribution in [-0.2, 0) is 14.5 Å². The van der Waals surface area contributed by atoms with E-state index >= 15 is 0 Å². The second-order valence-electron chi connectivity index (χ2n) is 7.92. The Kier molecular flexibility index (Phi) is 5.77. The van der Waals surface area contributed by atoms with Crippen LogP contribution in [0.4, 0.5) is 21.6 Å². The van der Waals surface area contributed by atoms with Crippen molar-refractivity contribution >= 4 is 37.8 Å². The number of nitrogens with zero attached hydrogens (tertiary/aromatic N) is 3. The summed E-state index contributed by atoms with van der Waals surface area (Å²) in [4.78, 5) is 8.67. The molecule has 0 aliphatic carbocycles. The standard InChI is InChI=1S/C22H23FN4O5S/c1-30-19-9-14(27-33(29)5-2-6-33)8-16-21(19)22(25-12-24-16)26-15-4-3-13(23)7-18(15)32-20-11-31-10-17(20)28/h3-4,7-9,12,17,20,28H,2,5-6,10-11H2,1H3,(H,24,25,26)/t17-,20-/m0/s1. The Morgan fingerprint density at radius 2 is 2.06 bits per heavy atom. The van der Waals surface area contributed by atoms with Gasteiger partial charge in [-0.2, -0.15) is 4.36 Å². The molecular formula is C22H23FN4O5S. The molecule has 1 aromatic heterocycles. The van der Waals surface area contributed by atoms with Gasteiger partial charge in [-0.05, 0) is 24.6 Å². The van der Waals surface area contributed by atoms with Gasteiger partial charge in [-0.3, -0.25) is 0 Å². The first-order chi connectivity index (χ1) is 15.9. The molecule has 5 rings (SSSR count). The zero-order valence-corrected chi connectivity index (χ0v) is 18.7. The average Bonchev–Trinajstić information content (AvgIpc) is 3.18. The molecule has 2 aliphatic heterocycles. The summed E-state index contributed by atoms with van der Waals surface area (Å²) in [7, 11) is -0.672. The van der Waals surface area contributed by atoms with E-state index < -0.39 is 27.8 Å². The van der Waals surface area contributed by atoms with Crippen molar-refractivity contribution in [2.24, 2.45) is 4.36 Å². The van der Waals surface area contributed by atoms with E-state index in [1.807, 2.05) is 0 Å². The van der Waals surface area contributed by atoms with E-state index in [9.17, 15) is 13.7 Å². The molecule has 0 radical (unpaired) electrons. The number of benzene rings is 2. The summed E-state index contributed by atoms with van der Waals surface area (Å²) in [6, 6.07) is 7.50. The number of ether oxygens (including phenoxy) is 3. The SMILES string of the molecule is COc1cc(N=S2(=O)CCC2)cc2ncnc(Nc3ccc(F)cc3O[C@H]3COC[C@@H]3O)c12. The number of anilines is 2. The summed E-state index contributed by atoms with van der Waals surface area (Å²) >= 11 is 0. The van der Waals surface area contributed by atoms with E-state index in [4.69, 9.17) is 14.2 Å². The van der Waals surface area contributed by atoms with Gasteiger partial charge in [0.25, 0.3) is 0 Å². The molecular weight excluding hydrogens is 451 g/mol. The molecule has 0 bridgehead atoms. The van der Waals surface area contributed by atoms with Gasteiger partial charge in [0.1, 0.15) is 35.6 Å². The Morgan fingerprint density at radius 3 is 2.76 bits per heavy atom. The van der Waals surface area contributed by atoms with Crippen LogP contribution in [0.15, 0.2) is 41.0 Å². The van der Waals surface area contributed by atoms with E-state index in [0.29, 0.717) is 45.4 Å². The maximum absolute atomic E-state index is 14.0. The first-order valence-electron chi connectivity index (χ1n) is 10.5. The van der Waals surface area contributed by atoms with Crippen LogP contribution in [0.1, 0.15) is 6.42 Å². The smallest absolute Gasteiger partial charge is 0.150 e. The van der Waals surface area contributed by atoms with Gasteiger partial charge < -0.3 is 24.6 Å². The monoisotopic (exact) mass is 474 g/mol. The molecule has 11 heteroatoms. The molecule has 0 amide bonds. The Bertz CT molecular complexity index is 1320. The molecule has 9 nitrogen and oxygen atoms in total. The van der Waals surface area contributed by atoms with Crippen LogP contribution in [0.3, 0.4) is 0 Å². The highest BCUT2D eigenvalue weighted by Crippen LogP contribution is 2.38. The molecule has 2 aromatic carbocycles. The molecule has 174 valence electrons. The van der Waals surface area contributed by atoms with Gasteiger partial charge in [-0.25, -0.2) is 18.6 Å². The van der Waals surface area contributed by atoms with Crippen molar-refractivity contribution in [2.75, 3.05) is 37.1 Å². The van der Waals surface area contributed by atoms with E-state index in [-0.39, 0.29) is 19.0 Å². The first-order valence-corrected chi connectivity index (χ1v) is 12.3. The molecule has 2 fully saturated rings. The van der Waals surface area contributed by atoms with Crippen LogP contribution in [0, 0.1) is 5.82 Å². The van der Waals surface area contributed by atoms with Crippen LogP contribution in [-0.4, -0.2) is 63.3 Å². The lowest BCUT2D eigenvalue weighted by molar-refractivity contribution is 0.0736. The van der Waals surface area contributed by atoms with Gasteiger partial charge in [-0.1, -0.05) is 0 Å². The number of nitrogens with one attached hydrogen (secondary N) is 1. The molecule has 3 heterocycles. The summed E-state index contributed by atoms with van der Waals surface area (Å²) in [6.45, 7) is 0.368. The summed E-state index contributed by atoms with van der Waals surface area (Å²) in [5.41, 5.74) is 1.54. The van der Waals surface area contributed by atoms with Gasteiger partial charge >= 0.3 is 0 Å². The lowest BCUT2D eigenvalue weighted by atomic mass is 10.2. The lowest BCUT2D eigenvalue weighted by Gasteiger charge is -2.20. The van der Waals surface area contributed by atoms with Crippen LogP contribution >= 0.6 is 0 Å². The highest BCUT2D eigenvalue weighted by atomic mass is 32.2. The number of aliphatic hydroxyl groups is 1. The molecule has 2 saturated heterocycles. The number of aliphatic hydroxyl groups excluding tert-OH is 1. The molecule has 2 aliphatic rings. The number of aromatic nitrogens is 2. The van der Waals surface area contributed by atoms with Crippen molar-refractivity contribution in [1.29, 1.82) is 0 Å². The summed E-state index contributed by atoms with van der Waals surface area (Å²) in [5, 5.41) is 13.8. The van der Waals surface area contributed by atoms with Gasteiger partial charge in [0.15, 0.2) is 6.10 Å². The van der Waals surface area contributed by atoms with E-state index in [1.54, 1.807) is 12.1 Å². The minimum absolute atomic E-state index is 0.163. The zero-order valence-electron chi connectivity index (χ0n) is 17.9. The Labute approximate surface area is 190 Å². The lowest BCUT2D eigenvalue weighted by Crippen LogP contribution is -2.30. The Hall–Kier alpha value is -3.02. The summed E-state index contributed by atoms with van der Waals surface area (Å²) in [5.74, 6) is 1.79. The summed E-state index contributed by atoms with van der Waals surface area (Å²) < 4.78 is 47.6. The van der Waals surface area contributed by atoms with Crippen LogP contribution < -0.4 is 14.8 Å². The highest BCUT2D eigenvalue weighted by molar-refractivity contribution is 7.95. The van der Waals surface area contributed by atoms with Gasteiger partial charge in [0, 0.05) is 23.6 Å².